The van der Waals surface area contributed by atoms with Crippen LogP contribution in [0.15, 0.2) is 48.5 Å². The Balaban J connectivity index is 2.32. The third kappa shape index (κ3) is 2.44. The fourth-order valence-electron chi connectivity index (χ4n) is 1.28. The maximum atomic E-state index is 6.03. The number of anilines is 2. The Hall–Kier alpha value is -1.18. The number of hydrogen-bond donors (Lipinski definition) is 1. The first-order valence-corrected chi connectivity index (χ1v) is 5.29. The summed E-state index contributed by atoms with van der Waals surface area (Å²) in [5, 5.41) is 4.41. The molecule has 2 aromatic rings. The van der Waals surface area contributed by atoms with Crippen LogP contribution in [0, 0.1) is 0 Å². The number of hydrogen-bond acceptors (Lipinski definition) is 1. The Labute approximate surface area is 98.6 Å². The summed E-state index contributed by atoms with van der Waals surface area (Å²) in [6, 6.07) is 15.2. The minimum absolute atomic E-state index is 0.617. The van der Waals surface area contributed by atoms with Crippen LogP contribution in [0.2, 0.25) is 10.0 Å². The fraction of sp³-hybridized carbons (Fsp3) is 0. The van der Waals surface area contributed by atoms with Crippen LogP contribution in [0.1, 0.15) is 0 Å². The normalized spacial score (nSPS) is 10.0. The lowest BCUT2D eigenvalue weighted by Crippen LogP contribution is -1.91. The maximum Gasteiger partial charge on any atom is 0.0762 e. The van der Waals surface area contributed by atoms with Gasteiger partial charge in [-0.1, -0.05) is 47.5 Å². The summed E-state index contributed by atoms with van der Waals surface area (Å²) in [6.07, 6.45) is 0. The number of benzene rings is 2. The lowest BCUT2D eigenvalue weighted by molar-refractivity contribution is 1.55. The minimum atomic E-state index is 0.617. The first kappa shape index (κ1) is 10.3. The largest absolute Gasteiger partial charge is 0.353 e. The highest BCUT2D eigenvalue weighted by Gasteiger charge is 2.04. The molecule has 0 atom stereocenters. The highest BCUT2D eigenvalue weighted by Crippen LogP contribution is 2.32. The quantitative estimate of drug-likeness (QED) is 0.796. The average molecular weight is 238 g/mol. The molecule has 0 amide bonds. The van der Waals surface area contributed by atoms with Crippen molar-refractivity contribution in [3.05, 3.63) is 58.6 Å². The number of rotatable bonds is 2. The van der Waals surface area contributed by atoms with Gasteiger partial charge in [-0.3, -0.25) is 0 Å². The van der Waals surface area contributed by atoms with Crippen molar-refractivity contribution in [2.45, 2.75) is 0 Å². The molecule has 2 rings (SSSR count). The summed E-state index contributed by atoms with van der Waals surface area (Å²) in [5.74, 6) is 0. The van der Waals surface area contributed by atoms with E-state index in [2.05, 4.69) is 5.32 Å². The predicted octanol–water partition coefficient (Wildman–Crippen LogP) is 4.74. The van der Waals surface area contributed by atoms with E-state index in [-0.39, 0.29) is 0 Å². The molecule has 0 fully saturated rings. The zero-order chi connectivity index (χ0) is 10.7. The fourth-order valence-corrected chi connectivity index (χ4v) is 1.77. The van der Waals surface area contributed by atoms with Gasteiger partial charge in [0.2, 0.25) is 0 Å². The van der Waals surface area contributed by atoms with Crippen molar-refractivity contribution in [1.29, 1.82) is 0 Å². The van der Waals surface area contributed by atoms with Crippen LogP contribution in [0.5, 0.6) is 0 Å². The van der Waals surface area contributed by atoms with Gasteiger partial charge in [-0.2, -0.15) is 0 Å². The first-order chi connectivity index (χ1) is 7.27. The average Bonchev–Trinajstić information content (AvgIpc) is 2.25. The van der Waals surface area contributed by atoms with Gasteiger partial charge in [0.25, 0.3) is 0 Å². The Kier molecular flexibility index (Phi) is 3.14. The summed E-state index contributed by atoms with van der Waals surface area (Å²) >= 11 is 12.1. The van der Waals surface area contributed by atoms with E-state index in [0.717, 1.165) is 11.4 Å². The SMILES string of the molecule is Clc1cccc(Cl)c1Nc1ccccc1. The highest BCUT2D eigenvalue weighted by molar-refractivity contribution is 6.39. The van der Waals surface area contributed by atoms with Crippen LogP contribution < -0.4 is 5.32 Å². The predicted molar refractivity (Wildman–Crippen MR) is 66.2 cm³/mol. The molecule has 1 N–H and O–H groups in total. The van der Waals surface area contributed by atoms with Gasteiger partial charge in [-0.25, -0.2) is 0 Å². The number of nitrogens with one attached hydrogen (secondary N) is 1. The smallest absolute Gasteiger partial charge is 0.0762 e. The summed E-state index contributed by atoms with van der Waals surface area (Å²) in [4.78, 5) is 0. The number of halogens is 2. The van der Waals surface area contributed by atoms with E-state index < -0.39 is 0 Å². The Morgan fingerprint density at radius 2 is 1.33 bits per heavy atom. The van der Waals surface area contributed by atoms with Crippen molar-refractivity contribution >= 4 is 34.6 Å². The molecule has 0 aliphatic carbocycles. The van der Waals surface area contributed by atoms with Crippen molar-refractivity contribution in [2.24, 2.45) is 0 Å². The second-order valence-corrected chi connectivity index (χ2v) is 3.90. The van der Waals surface area contributed by atoms with E-state index in [4.69, 9.17) is 23.2 Å². The lowest BCUT2D eigenvalue weighted by Gasteiger charge is -2.09. The second kappa shape index (κ2) is 4.56. The topological polar surface area (TPSA) is 12.0 Å². The Morgan fingerprint density at radius 3 is 1.93 bits per heavy atom. The number of para-hydroxylation sites is 2. The van der Waals surface area contributed by atoms with E-state index in [1.807, 2.05) is 36.4 Å². The molecule has 0 aliphatic heterocycles. The van der Waals surface area contributed by atoms with Crippen molar-refractivity contribution < 1.29 is 0 Å². The molecule has 0 bridgehead atoms. The standard InChI is InChI=1S/C12H9Cl2N/c13-10-7-4-8-11(14)12(10)15-9-5-2-1-3-6-9/h1-8,15H. The molecule has 0 heterocycles. The van der Waals surface area contributed by atoms with Gasteiger partial charge in [0.05, 0.1) is 15.7 Å². The van der Waals surface area contributed by atoms with Gasteiger partial charge in [-0.05, 0) is 24.3 Å². The van der Waals surface area contributed by atoms with Gasteiger partial charge in [0.1, 0.15) is 0 Å². The monoisotopic (exact) mass is 237 g/mol. The van der Waals surface area contributed by atoms with Crippen LogP contribution in [-0.2, 0) is 0 Å². The van der Waals surface area contributed by atoms with Crippen LogP contribution in [-0.4, -0.2) is 0 Å². The minimum Gasteiger partial charge on any atom is -0.353 e. The summed E-state index contributed by atoms with van der Waals surface area (Å²) < 4.78 is 0. The van der Waals surface area contributed by atoms with Crippen molar-refractivity contribution in [3.63, 3.8) is 0 Å². The van der Waals surface area contributed by atoms with E-state index in [9.17, 15) is 0 Å². The van der Waals surface area contributed by atoms with E-state index in [1.165, 1.54) is 0 Å². The third-order valence-electron chi connectivity index (χ3n) is 2.01. The summed E-state index contributed by atoms with van der Waals surface area (Å²) in [6.45, 7) is 0. The molecule has 0 spiro atoms. The molecule has 15 heavy (non-hydrogen) atoms. The van der Waals surface area contributed by atoms with E-state index in [0.29, 0.717) is 10.0 Å². The summed E-state index contributed by atoms with van der Waals surface area (Å²) in [5.41, 5.74) is 1.71. The molecule has 1 nitrogen and oxygen atoms in total. The molecule has 0 saturated heterocycles. The molecule has 0 unspecified atom stereocenters. The van der Waals surface area contributed by atoms with Crippen molar-refractivity contribution in [3.8, 4) is 0 Å². The van der Waals surface area contributed by atoms with Gasteiger partial charge in [0, 0.05) is 5.69 Å². The van der Waals surface area contributed by atoms with Gasteiger partial charge < -0.3 is 5.32 Å². The maximum absolute atomic E-state index is 6.03. The Morgan fingerprint density at radius 1 is 0.733 bits per heavy atom. The van der Waals surface area contributed by atoms with Crippen LogP contribution in [0.4, 0.5) is 11.4 Å². The third-order valence-corrected chi connectivity index (χ3v) is 2.64. The van der Waals surface area contributed by atoms with Gasteiger partial charge in [0.15, 0.2) is 0 Å². The lowest BCUT2D eigenvalue weighted by atomic mass is 10.2. The van der Waals surface area contributed by atoms with Crippen LogP contribution in [0.25, 0.3) is 0 Å². The molecule has 0 aromatic heterocycles. The van der Waals surface area contributed by atoms with Gasteiger partial charge >= 0.3 is 0 Å². The van der Waals surface area contributed by atoms with Crippen LogP contribution >= 0.6 is 23.2 Å². The molecule has 0 aliphatic rings. The molecule has 76 valence electrons. The van der Waals surface area contributed by atoms with E-state index >= 15 is 0 Å². The Bertz CT molecular complexity index is 434. The zero-order valence-corrected chi connectivity index (χ0v) is 9.39. The van der Waals surface area contributed by atoms with E-state index in [1.54, 1.807) is 12.1 Å². The second-order valence-electron chi connectivity index (χ2n) is 3.09. The van der Waals surface area contributed by atoms with Crippen LogP contribution in [0.3, 0.4) is 0 Å². The van der Waals surface area contributed by atoms with Crippen molar-refractivity contribution in [1.82, 2.24) is 0 Å². The first-order valence-electron chi connectivity index (χ1n) is 4.53. The molecular formula is C12H9Cl2N. The molecule has 3 heteroatoms. The molecule has 0 radical (unpaired) electrons. The molecule has 2 aromatic carbocycles. The zero-order valence-electron chi connectivity index (χ0n) is 7.87. The van der Waals surface area contributed by atoms with Crippen molar-refractivity contribution in [2.75, 3.05) is 5.32 Å². The molecule has 0 saturated carbocycles. The highest BCUT2D eigenvalue weighted by atomic mass is 35.5. The molecular weight excluding hydrogens is 229 g/mol. The van der Waals surface area contributed by atoms with Gasteiger partial charge in [-0.15, -0.1) is 0 Å². The summed E-state index contributed by atoms with van der Waals surface area (Å²) in [7, 11) is 0.